The Morgan fingerprint density at radius 3 is 2.43 bits per heavy atom. The average Bonchev–Trinajstić information content (AvgIpc) is 3.31. The molecule has 10 nitrogen and oxygen atoms in total. The zero-order valence-corrected chi connectivity index (χ0v) is 21.9. The minimum Gasteiger partial charge on any atom is -0.381 e. The first kappa shape index (κ1) is 25.7. The number of sulfonamides is 1. The van der Waals surface area contributed by atoms with Gasteiger partial charge in [-0.25, -0.2) is 27.8 Å². The topological polar surface area (TPSA) is 105 Å². The lowest BCUT2D eigenvalue weighted by Gasteiger charge is -2.33. The highest BCUT2D eigenvalue weighted by Crippen LogP contribution is 2.31. The number of piperazine rings is 1. The van der Waals surface area contributed by atoms with E-state index in [0.717, 1.165) is 44.5 Å². The monoisotopic (exact) mass is 529 g/mol. The van der Waals surface area contributed by atoms with E-state index >= 15 is 0 Å². The highest BCUT2D eigenvalue weighted by atomic mass is 32.2. The van der Waals surface area contributed by atoms with Crippen molar-refractivity contribution < 1.29 is 17.5 Å². The van der Waals surface area contributed by atoms with E-state index in [0.29, 0.717) is 37.7 Å². The molecule has 5 rings (SSSR count). The second-order valence-corrected chi connectivity index (χ2v) is 11.2. The molecule has 0 saturated carbocycles. The van der Waals surface area contributed by atoms with Crippen LogP contribution >= 0.6 is 0 Å². The molecule has 2 aliphatic heterocycles. The van der Waals surface area contributed by atoms with Crippen molar-refractivity contribution in [3.63, 3.8) is 0 Å². The molecule has 198 valence electrons. The summed E-state index contributed by atoms with van der Waals surface area (Å²) < 4.78 is 50.0. The van der Waals surface area contributed by atoms with Crippen molar-refractivity contribution in [2.24, 2.45) is 0 Å². The van der Waals surface area contributed by atoms with Crippen LogP contribution in [-0.4, -0.2) is 83.1 Å². The maximum absolute atomic E-state index is 14.9. The molecule has 12 heteroatoms. The first-order chi connectivity index (χ1) is 17.9. The fourth-order valence-electron chi connectivity index (χ4n) is 4.91. The van der Waals surface area contributed by atoms with Crippen LogP contribution in [0.15, 0.2) is 41.6 Å². The Labute approximate surface area is 216 Å². The van der Waals surface area contributed by atoms with Crippen LogP contribution in [0, 0.1) is 12.7 Å². The number of benzene rings is 1. The molecular formula is C25H32FN7O3S. The van der Waals surface area contributed by atoms with Crippen molar-refractivity contribution in [1.29, 1.82) is 0 Å². The van der Waals surface area contributed by atoms with E-state index in [1.807, 2.05) is 11.5 Å². The Bertz CT molecular complexity index is 1330. The predicted molar refractivity (Wildman–Crippen MR) is 138 cm³/mol. The number of nitrogens with zero attached hydrogens (tertiary/aromatic N) is 6. The van der Waals surface area contributed by atoms with Gasteiger partial charge < -0.3 is 19.5 Å². The van der Waals surface area contributed by atoms with E-state index < -0.39 is 15.8 Å². The van der Waals surface area contributed by atoms with Gasteiger partial charge in [0.05, 0.1) is 23.0 Å². The molecule has 2 aromatic heterocycles. The summed E-state index contributed by atoms with van der Waals surface area (Å²) in [6, 6.07) is 6.63. The van der Waals surface area contributed by atoms with E-state index in [2.05, 4.69) is 32.1 Å². The summed E-state index contributed by atoms with van der Waals surface area (Å²) in [5, 5.41) is 3.07. The molecular weight excluding hydrogens is 497 g/mol. The van der Waals surface area contributed by atoms with Crippen LogP contribution in [-0.2, 0) is 14.8 Å². The zero-order valence-electron chi connectivity index (χ0n) is 21.1. The normalized spacial score (nSPS) is 18.2. The Morgan fingerprint density at radius 1 is 1.05 bits per heavy atom. The fourth-order valence-corrected chi connectivity index (χ4v) is 6.34. The number of hydrogen-bond donors (Lipinski definition) is 1. The van der Waals surface area contributed by atoms with Crippen LogP contribution in [0.3, 0.4) is 0 Å². The number of rotatable bonds is 7. The lowest BCUT2D eigenvalue weighted by Crippen LogP contribution is -2.48. The number of anilines is 2. The van der Waals surface area contributed by atoms with Gasteiger partial charge in [-0.2, -0.15) is 4.31 Å². The van der Waals surface area contributed by atoms with Crippen molar-refractivity contribution in [2.45, 2.75) is 37.6 Å². The Morgan fingerprint density at radius 2 is 1.76 bits per heavy atom. The number of imidazole rings is 1. The van der Waals surface area contributed by atoms with Crippen molar-refractivity contribution in [3.05, 3.63) is 48.3 Å². The molecule has 0 bridgehead atoms. The maximum atomic E-state index is 14.9. The lowest BCUT2D eigenvalue weighted by molar-refractivity contribution is 0.0694. The van der Waals surface area contributed by atoms with E-state index in [-0.39, 0.29) is 22.6 Å². The molecule has 0 unspecified atom stereocenters. The third-order valence-electron chi connectivity index (χ3n) is 7.05. The van der Waals surface area contributed by atoms with Crippen LogP contribution in [0.4, 0.5) is 16.0 Å². The Balaban J connectivity index is 1.34. The standard InChI is InChI=1S/C25H32FN7O3S/c1-3-31-10-12-32(13-11-31)37(34,35)21-6-4-19(5-7-21)29-25-28-16-22(26)24(30-25)23-17-27-18(2)33(23)20-8-14-36-15-9-20/h4-7,16-17,20H,3,8-15H2,1-2H3,(H,28,29,30). The van der Waals surface area contributed by atoms with Gasteiger partial charge in [0, 0.05) is 51.1 Å². The smallest absolute Gasteiger partial charge is 0.243 e. The molecule has 1 aromatic carbocycles. The molecule has 2 saturated heterocycles. The highest BCUT2D eigenvalue weighted by molar-refractivity contribution is 7.89. The molecule has 0 amide bonds. The number of halogens is 1. The molecule has 1 N–H and O–H groups in total. The van der Waals surface area contributed by atoms with Gasteiger partial charge in [-0.3, -0.25) is 0 Å². The molecule has 0 radical (unpaired) electrons. The molecule has 3 aromatic rings. The lowest BCUT2D eigenvalue weighted by atomic mass is 10.1. The second-order valence-electron chi connectivity index (χ2n) is 9.28. The van der Waals surface area contributed by atoms with Crippen LogP contribution in [0.25, 0.3) is 11.4 Å². The minimum atomic E-state index is -3.57. The molecule has 37 heavy (non-hydrogen) atoms. The minimum absolute atomic E-state index is 0.162. The number of likely N-dealkylation sites (N-methyl/N-ethyl adjacent to an activating group) is 1. The van der Waals surface area contributed by atoms with E-state index in [4.69, 9.17) is 4.74 Å². The third kappa shape index (κ3) is 5.37. The molecule has 0 spiro atoms. The van der Waals surface area contributed by atoms with E-state index in [1.165, 1.54) is 4.31 Å². The van der Waals surface area contributed by atoms with Crippen molar-refractivity contribution in [3.8, 4) is 11.4 Å². The van der Waals surface area contributed by atoms with Gasteiger partial charge in [-0.15, -0.1) is 0 Å². The number of aromatic nitrogens is 4. The van der Waals surface area contributed by atoms with Crippen molar-refractivity contribution in [2.75, 3.05) is 51.3 Å². The Hall–Kier alpha value is -2.93. The number of hydrogen-bond acceptors (Lipinski definition) is 8. The number of ether oxygens (including phenoxy) is 1. The summed E-state index contributed by atoms with van der Waals surface area (Å²) in [6.07, 6.45) is 4.42. The molecule has 2 aliphatic rings. The highest BCUT2D eigenvalue weighted by Gasteiger charge is 2.28. The number of nitrogens with one attached hydrogen (secondary N) is 1. The van der Waals surface area contributed by atoms with Gasteiger partial charge in [0.15, 0.2) is 5.82 Å². The van der Waals surface area contributed by atoms with Gasteiger partial charge in [0.2, 0.25) is 16.0 Å². The van der Waals surface area contributed by atoms with Crippen LogP contribution in [0.5, 0.6) is 0 Å². The Kier molecular flexibility index (Phi) is 7.52. The fraction of sp³-hybridized carbons (Fsp3) is 0.480. The van der Waals surface area contributed by atoms with Crippen molar-refractivity contribution >= 4 is 21.7 Å². The van der Waals surface area contributed by atoms with Gasteiger partial charge in [0.1, 0.15) is 11.5 Å². The van der Waals surface area contributed by atoms with Gasteiger partial charge >= 0.3 is 0 Å². The predicted octanol–water partition coefficient (Wildman–Crippen LogP) is 3.21. The van der Waals surface area contributed by atoms with Gasteiger partial charge in [-0.1, -0.05) is 6.92 Å². The molecule has 2 fully saturated rings. The largest absolute Gasteiger partial charge is 0.381 e. The summed E-state index contributed by atoms with van der Waals surface area (Å²) >= 11 is 0. The quantitative estimate of drug-likeness (QED) is 0.498. The summed E-state index contributed by atoms with van der Waals surface area (Å²) in [6.45, 7) is 8.61. The SMILES string of the molecule is CCN1CCN(S(=O)(=O)c2ccc(Nc3ncc(F)c(-c4cnc(C)n4C4CCOCC4)n3)cc2)CC1. The summed E-state index contributed by atoms with van der Waals surface area (Å²) in [7, 11) is -3.57. The van der Waals surface area contributed by atoms with Crippen molar-refractivity contribution in [1.82, 2.24) is 28.7 Å². The van der Waals surface area contributed by atoms with Crippen LogP contribution in [0.1, 0.15) is 31.6 Å². The first-order valence-electron chi connectivity index (χ1n) is 12.6. The van der Waals surface area contributed by atoms with Gasteiger partial charge in [0.25, 0.3) is 0 Å². The zero-order chi connectivity index (χ0) is 26.0. The summed E-state index contributed by atoms with van der Waals surface area (Å²) in [5.41, 5.74) is 1.36. The third-order valence-corrected chi connectivity index (χ3v) is 8.96. The van der Waals surface area contributed by atoms with E-state index in [9.17, 15) is 12.8 Å². The molecule has 0 aliphatic carbocycles. The van der Waals surface area contributed by atoms with E-state index in [1.54, 1.807) is 30.5 Å². The molecule has 0 atom stereocenters. The van der Waals surface area contributed by atoms with Crippen LogP contribution in [0.2, 0.25) is 0 Å². The number of aryl methyl sites for hydroxylation is 1. The van der Waals surface area contributed by atoms with Crippen LogP contribution < -0.4 is 5.32 Å². The maximum Gasteiger partial charge on any atom is 0.243 e. The van der Waals surface area contributed by atoms with Gasteiger partial charge in [-0.05, 0) is 50.6 Å². The first-order valence-corrected chi connectivity index (χ1v) is 14.0. The average molecular weight is 530 g/mol. The second kappa shape index (κ2) is 10.8. The summed E-state index contributed by atoms with van der Waals surface area (Å²) in [4.78, 5) is 15.4. The molecule has 4 heterocycles. The summed E-state index contributed by atoms with van der Waals surface area (Å²) in [5.74, 6) is 0.464.